The second-order valence-corrected chi connectivity index (χ2v) is 6.83. The van der Waals surface area contributed by atoms with E-state index in [0.29, 0.717) is 19.6 Å². The van der Waals surface area contributed by atoms with Gasteiger partial charge in [0.2, 0.25) is 5.91 Å². The average Bonchev–Trinajstić information content (AvgIpc) is 3.04. The van der Waals surface area contributed by atoms with Crippen molar-refractivity contribution >= 4 is 44.5 Å². The van der Waals surface area contributed by atoms with Gasteiger partial charge >= 0.3 is 0 Å². The van der Waals surface area contributed by atoms with Crippen LogP contribution in [0.4, 0.5) is 0 Å². The molecule has 2 aromatic rings. The third-order valence-electron chi connectivity index (χ3n) is 2.52. The largest absolute Gasteiger partial charge is 0.385 e. The topological polar surface area (TPSA) is 51.2 Å². The number of hydrogen-bond donors (Lipinski definition) is 1. The predicted molar refractivity (Wildman–Crippen MR) is 86.3 cm³/mol. The molecule has 1 amide bonds. The molecule has 0 aliphatic rings. The van der Waals surface area contributed by atoms with Crippen molar-refractivity contribution in [3.8, 4) is 9.88 Å². The maximum atomic E-state index is 11.7. The Morgan fingerprint density at radius 2 is 2.30 bits per heavy atom. The number of ether oxygens (including phenoxy) is 1. The molecular weight excluding hydrogens is 360 g/mol. The smallest absolute Gasteiger partial charge is 0.226 e. The van der Waals surface area contributed by atoms with E-state index in [9.17, 15) is 4.79 Å². The van der Waals surface area contributed by atoms with Gasteiger partial charge in [0.15, 0.2) is 0 Å². The van der Waals surface area contributed by atoms with Gasteiger partial charge in [-0.05, 0) is 28.4 Å². The summed E-state index contributed by atoms with van der Waals surface area (Å²) >= 11 is 6.64. The molecule has 1 N–H and O–H groups in total. The monoisotopic (exact) mass is 374 g/mol. The Morgan fingerprint density at radius 1 is 1.45 bits per heavy atom. The van der Waals surface area contributed by atoms with Crippen LogP contribution in [0, 0.1) is 0 Å². The highest BCUT2D eigenvalue weighted by Gasteiger charge is 2.10. The maximum absolute atomic E-state index is 11.7. The predicted octanol–water partition coefficient (Wildman–Crippen LogP) is 3.33. The number of carbonyl (C=O) groups is 1. The Morgan fingerprint density at radius 3 is 3.00 bits per heavy atom. The zero-order chi connectivity index (χ0) is 14.4. The summed E-state index contributed by atoms with van der Waals surface area (Å²) in [7, 11) is 1.65. The maximum Gasteiger partial charge on any atom is 0.226 e. The molecule has 0 saturated carbocycles. The molecule has 0 saturated heterocycles. The van der Waals surface area contributed by atoms with Gasteiger partial charge in [0, 0.05) is 35.5 Å². The van der Waals surface area contributed by atoms with Gasteiger partial charge in [0.1, 0.15) is 5.01 Å². The molecule has 2 aromatic heterocycles. The van der Waals surface area contributed by atoms with Gasteiger partial charge in [-0.25, -0.2) is 4.98 Å². The summed E-state index contributed by atoms with van der Waals surface area (Å²) in [6, 6.07) is 2.04. The Balaban J connectivity index is 1.85. The fourth-order valence-corrected chi connectivity index (χ4v) is 3.93. The number of methoxy groups -OCH3 is 1. The number of carbonyl (C=O) groups excluding carboxylic acids is 1. The van der Waals surface area contributed by atoms with Crippen molar-refractivity contribution in [1.29, 1.82) is 0 Å². The normalized spacial score (nSPS) is 10.7. The molecule has 0 radical (unpaired) electrons. The molecule has 7 heteroatoms. The van der Waals surface area contributed by atoms with Crippen LogP contribution in [-0.2, 0) is 16.0 Å². The first-order valence-electron chi connectivity index (χ1n) is 6.13. The highest BCUT2D eigenvalue weighted by Crippen LogP contribution is 2.31. The van der Waals surface area contributed by atoms with E-state index in [1.165, 1.54) is 0 Å². The third-order valence-corrected chi connectivity index (χ3v) is 5.27. The molecule has 108 valence electrons. The molecule has 0 spiro atoms. The summed E-state index contributed by atoms with van der Waals surface area (Å²) in [6.45, 7) is 1.30. The molecule has 0 aliphatic heterocycles. The second kappa shape index (κ2) is 7.87. The van der Waals surface area contributed by atoms with Crippen molar-refractivity contribution in [1.82, 2.24) is 10.3 Å². The molecule has 2 heterocycles. The molecule has 0 unspecified atom stereocenters. The van der Waals surface area contributed by atoms with Gasteiger partial charge in [-0.15, -0.1) is 22.7 Å². The first-order valence-corrected chi connectivity index (χ1v) is 8.68. The molecule has 0 aromatic carbocycles. The summed E-state index contributed by atoms with van der Waals surface area (Å²) in [4.78, 5) is 17.4. The molecule has 20 heavy (non-hydrogen) atoms. The van der Waals surface area contributed by atoms with Gasteiger partial charge in [0.05, 0.1) is 17.0 Å². The van der Waals surface area contributed by atoms with Crippen LogP contribution in [0.3, 0.4) is 0 Å². The Kier molecular flexibility index (Phi) is 6.15. The SMILES string of the molecule is COCCCNC(=O)Cc1csc(-c2cc(Br)cs2)n1. The summed E-state index contributed by atoms with van der Waals surface area (Å²) < 4.78 is 5.99. The van der Waals surface area contributed by atoms with E-state index in [1.54, 1.807) is 29.8 Å². The highest BCUT2D eigenvalue weighted by atomic mass is 79.9. The van der Waals surface area contributed by atoms with Crippen molar-refractivity contribution < 1.29 is 9.53 Å². The van der Waals surface area contributed by atoms with Crippen molar-refractivity contribution in [2.75, 3.05) is 20.3 Å². The van der Waals surface area contributed by atoms with Crippen LogP contribution >= 0.6 is 38.6 Å². The van der Waals surface area contributed by atoms with Gasteiger partial charge < -0.3 is 10.1 Å². The summed E-state index contributed by atoms with van der Waals surface area (Å²) in [6.07, 6.45) is 1.16. The lowest BCUT2D eigenvalue weighted by molar-refractivity contribution is -0.120. The average molecular weight is 375 g/mol. The van der Waals surface area contributed by atoms with Gasteiger partial charge in [-0.2, -0.15) is 0 Å². The molecule has 0 atom stereocenters. The molecule has 0 aliphatic carbocycles. The van der Waals surface area contributed by atoms with Gasteiger partial charge in [-0.1, -0.05) is 0 Å². The Labute approximate surface area is 134 Å². The molecule has 0 fully saturated rings. The molecular formula is C13H15BrN2O2S2. The zero-order valence-corrected chi connectivity index (χ0v) is 14.2. The minimum Gasteiger partial charge on any atom is -0.385 e. The number of nitrogens with one attached hydrogen (secondary N) is 1. The van der Waals surface area contributed by atoms with E-state index in [0.717, 1.165) is 26.5 Å². The zero-order valence-electron chi connectivity index (χ0n) is 11.0. The van der Waals surface area contributed by atoms with Crippen LogP contribution in [0.15, 0.2) is 21.3 Å². The van der Waals surface area contributed by atoms with Crippen molar-refractivity contribution in [3.05, 3.63) is 27.0 Å². The van der Waals surface area contributed by atoms with Gasteiger partial charge in [0.25, 0.3) is 0 Å². The number of thiophene rings is 1. The van der Waals surface area contributed by atoms with Crippen LogP contribution in [0.25, 0.3) is 9.88 Å². The first kappa shape index (κ1) is 15.6. The number of hydrogen-bond acceptors (Lipinski definition) is 5. The lowest BCUT2D eigenvalue weighted by Crippen LogP contribution is -2.26. The third kappa shape index (κ3) is 4.66. The molecule has 4 nitrogen and oxygen atoms in total. The first-order chi connectivity index (χ1) is 9.69. The van der Waals surface area contributed by atoms with Crippen LogP contribution in [-0.4, -0.2) is 31.2 Å². The fourth-order valence-electron chi connectivity index (χ4n) is 1.60. The number of thiazole rings is 1. The summed E-state index contributed by atoms with van der Waals surface area (Å²) in [5.74, 6) is 0.00492. The lowest BCUT2D eigenvalue weighted by atomic mass is 10.3. The van der Waals surface area contributed by atoms with E-state index in [4.69, 9.17) is 4.74 Å². The quantitative estimate of drug-likeness (QED) is 0.756. The van der Waals surface area contributed by atoms with Crippen LogP contribution in [0.1, 0.15) is 12.1 Å². The minimum absolute atomic E-state index is 0.00492. The number of rotatable bonds is 7. The van der Waals surface area contributed by atoms with Crippen LogP contribution < -0.4 is 5.32 Å². The number of nitrogens with zero attached hydrogens (tertiary/aromatic N) is 1. The Hall–Kier alpha value is -0.760. The van der Waals surface area contributed by atoms with E-state index in [1.807, 2.05) is 16.8 Å². The van der Waals surface area contributed by atoms with E-state index < -0.39 is 0 Å². The molecule has 2 rings (SSSR count). The number of halogens is 1. The van der Waals surface area contributed by atoms with Crippen molar-refractivity contribution in [2.45, 2.75) is 12.8 Å². The molecule has 0 bridgehead atoms. The lowest BCUT2D eigenvalue weighted by Gasteiger charge is -2.02. The van der Waals surface area contributed by atoms with Crippen LogP contribution in [0.2, 0.25) is 0 Å². The summed E-state index contributed by atoms with van der Waals surface area (Å²) in [5.41, 5.74) is 0.818. The van der Waals surface area contributed by atoms with Crippen molar-refractivity contribution in [3.63, 3.8) is 0 Å². The fraction of sp³-hybridized carbons (Fsp3) is 0.385. The highest BCUT2D eigenvalue weighted by molar-refractivity contribution is 9.10. The van der Waals surface area contributed by atoms with E-state index >= 15 is 0 Å². The van der Waals surface area contributed by atoms with Gasteiger partial charge in [-0.3, -0.25) is 4.79 Å². The summed E-state index contributed by atoms with van der Waals surface area (Å²) in [5, 5.41) is 7.79. The number of aromatic nitrogens is 1. The van der Waals surface area contributed by atoms with Crippen molar-refractivity contribution in [2.24, 2.45) is 0 Å². The second-order valence-electron chi connectivity index (χ2n) is 4.15. The standard InChI is InChI=1S/C13H15BrN2O2S2/c1-18-4-2-3-15-12(17)6-10-8-20-13(16-10)11-5-9(14)7-19-11/h5,7-8H,2-4,6H2,1H3,(H,15,17). The minimum atomic E-state index is 0.00492. The van der Waals surface area contributed by atoms with E-state index in [2.05, 4.69) is 26.2 Å². The number of amides is 1. The van der Waals surface area contributed by atoms with E-state index in [-0.39, 0.29) is 5.91 Å². The Bertz CT molecular complexity index is 568. The van der Waals surface area contributed by atoms with Crippen LogP contribution in [0.5, 0.6) is 0 Å².